The second kappa shape index (κ2) is 24.1. The highest BCUT2D eigenvalue weighted by molar-refractivity contribution is 6.30. The van der Waals surface area contributed by atoms with Gasteiger partial charge in [0.1, 0.15) is 35.5 Å². The Kier molecular flexibility index (Phi) is 20.4. The minimum Gasteiger partial charge on any atom is -0.459 e. The van der Waals surface area contributed by atoms with Gasteiger partial charge in [0.05, 0.1) is 53.3 Å². The van der Waals surface area contributed by atoms with Crippen molar-refractivity contribution < 1.29 is 63.2 Å². The van der Waals surface area contributed by atoms with Crippen LogP contribution in [0, 0.1) is 23.7 Å². The highest BCUT2D eigenvalue weighted by Crippen LogP contribution is 2.42. The average Bonchev–Trinajstić information content (AvgIpc) is 3.30. The van der Waals surface area contributed by atoms with Crippen LogP contribution in [0.5, 0.6) is 0 Å². The number of Topliss-reactive ketones (excluding diaryl/α,β-unsaturated/α-hetero) is 1. The van der Waals surface area contributed by atoms with Gasteiger partial charge in [0.2, 0.25) is 5.95 Å². The van der Waals surface area contributed by atoms with Crippen molar-refractivity contribution >= 4 is 35.1 Å². The number of cyclic esters (lactones) is 1. The maximum Gasteiger partial charge on any atom is 0.311 e. The number of hydrogen-bond donors (Lipinski definition) is 6. The lowest BCUT2D eigenvalue weighted by molar-refractivity contribution is -0.319. The fourth-order valence-electron chi connectivity index (χ4n) is 10.3. The molecule has 69 heavy (non-hydrogen) atoms. The van der Waals surface area contributed by atoms with Gasteiger partial charge in [0.25, 0.3) is 0 Å². The molecule has 18 atom stereocenters. The van der Waals surface area contributed by atoms with E-state index in [0.717, 1.165) is 23.2 Å². The van der Waals surface area contributed by atoms with Crippen LogP contribution in [-0.4, -0.2) is 160 Å². The van der Waals surface area contributed by atoms with Gasteiger partial charge in [0, 0.05) is 55.0 Å². The molecule has 3 aliphatic heterocycles. The number of anilines is 2. The molecule has 5 rings (SSSR count). The number of aliphatic hydroxyl groups is 4. The molecule has 3 fully saturated rings. The van der Waals surface area contributed by atoms with E-state index >= 15 is 0 Å². The van der Waals surface area contributed by atoms with Crippen LogP contribution in [0.3, 0.4) is 0 Å². The van der Waals surface area contributed by atoms with Gasteiger partial charge >= 0.3 is 5.97 Å². The Balaban J connectivity index is 0.000000507. The molecule has 0 saturated carbocycles. The van der Waals surface area contributed by atoms with Gasteiger partial charge in [0.15, 0.2) is 12.6 Å². The fraction of sp³-hybridized carbons (Fsp3) is 0.760. The second-order valence-corrected chi connectivity index (χ2v) is 20.7. The molecule has 0 radical (unpaired) electrons. The van der Waals surface area contributed by atoms with E-state index in [1.54, 1.807) is 48.5 Å². The zero-order valence-electron chi connectivity index (χ0n) is 43.3. The zero-order valence-corrected chi connectivity index (χ0v) is 44.1. The molecule has 0 spiro atoms. The molecular weight excluding hydrogens is 914 g/mol. The van der Waals surface area contributed by atoms with Crippen LogP contribution in [0.15, 0.2) is 24.3 Å². The fourth-order valence-corrected chi connectivity index (χ4v) is 10.4. The summed E-state index contributed by atoms with van der Waals surface area (Å²) in [5.41, 5.74) is 9.87. The van der Waals surface area contributed by atoms with E-state index in [-0.39, 0.29) is 43.1 Å². The third kappa shape index (κ3) is 13.3. The Morgan fingerprint density at radius 3 is 2.01 bits per heavy atom. The van der Waals surface area contributed by atoms with E-state index in [2.05, 4.69) is 9.97 Å². The Morgan fingerprint density at radius 2 is 1.46 bits per heavy atom. The smallest absolute Gasteiger partial charge is 0.311 e. The summed E-state index contributed by atoms with van der Waals surface area (Å²) < 4.78 is 43.9. The highest BCUT2D eigenvalue weighted by Gasteiger charge is 2.54. The van der Waals surface area contributed by atoms with Crippen molar-refractivity contribution in [1.29, 1.82) is 0 Å². The standard InChI is InChI=1S/C38H69NO13.C12H13ClN4/c1-15-26-38(10,45)31(42)21(4)28(40)19(2)17-37(9,47-14)33(52-35-29(41)25(39(11)12)16-20(3)48-35)22(5)30(23(6)34(44)50-26)51-27-18-36(8,46-13)32(43)24(7)49-27;1-2-9-10(11(14)17-12(15)16-9)7-3-5-8(13)6-4-7/h19-27,29-33,35,41-43,45H,15-18H2,1-14H3;3-6H,2H2,1H3,(H4,14,15,16,17)/t19-,20?,21+,22+,23-,24?,25?,26-,27?,29?,30+,31-,32?,33-,35?,36?,37-,38-;/m1./s1. The molecule has 1 aromatic carbocycles. The van der Waals surface area contributed by atoms with Crippen molar-refractivity contribution in [2.24, 2.45) is 23.7 Å². The molecular formula is C50H82ClN5O13. The largest absolute Gasteiger partial charge is 0.459 e. The van der Waals surface area contributed by atoms with E-state index in [1.165, 1.54) is 21.1 Å². The van der Waals surface area contributed by atoms with E-state index in [0.29, 0.717) is 17.3 Å². The lowest BCUT2D eigenvalue weighted by Crippen LogP contribution is -2.61. The topological polar surface area (TPSA) is 261 Å². The van der Waals surface area contributed by atoms with Crippen molar-refractivity contribution in [2.45, 2.75) is 193 Å². The van der Waals surface area contributed by atoms with Crippen molar-refractivity contribution in [3.05, 3.63) is 35.0 Å². The molecule has 0 bridgehead atoms. The Hall–Kier alpha value is -3.11. The predicted molar refractivity (Wildman–Crippen MR) is 262 cm³/mol. The van der Waals surface area contributed by atoms with Gasteiger partial charge in [-0.25, -0.2) is 4.98 Å². The highest BCUT2D eigenvalue weighted by atomic mass is 35.5. The number of rotatable bonds is 10. The first-order valence-electron chi connectivity index (χ1n) is 24.2. The first-order valence-corrected chi connectivity index (χ1v) is 24.6. The number of aryl methyl sites for hydroxylation is 1. The molecule has 3 aliphatic rings. The van der Waals surface area contributed by atoms with Gasteiger partial charge in [-0.3, -0.25) is 9.59 Å². The van der Waals surface area contributed by atoms with E-state index in [9.17, 15) is 30.0 Å². The summed E-state index contributed by atoms with van der Waals surface area (Å²) in [5, 5.41) is 46.2. The van der Waals surface area contributed by atoms with Crippen molar-refractivity contribution in [3.63, 3.8) is 0 Å². The minimum absolute atomic E-state index is 0.111. The summed E-state index contributed by atoms with van der Waals surface area (Å²) in [6.07, 6.45) is -7.98. The number of nitrogens with zero attached hydrogens (tertiary/aromatic N) is 3. The number of aliphatic hydroxyl groups excluding tert-OH is 3. The Labute approximate surface area is 414 Å². The second-order valence-electron chi connectivity index (χ2n) is 20.3. The number of nitrogens with two attached hydrogens (primary N) is 2. The number of ketones is 1. The van der Waals surface area contributed by atoms with E-state index < -0.39 is 102 Å². The Bertz CT molecular complexity index is 2000. The van der Waals surface area contributed by atoms with Crippen LogP contribution in [0.2, 0.25) is 5.02 Å². The lowest BCUT2D eigenvalue weighted by Gasteiger charge is -2.50. The van der Waals surface area contributed by atoms with Crippen LogP contribution in [-0.2, 0) is 49.2 Å². The molecule has 8 N–H and O–H groups in total. The summed E-state index contributed by atoms with van der Waals surface area (Å²) in [7, 11) is 6.77. The van der Waals surface area contributed by atoms with Crippen LogP contribution >= 0.6 is 11.6 Å². The maximum atomic E-state index is 14.2. The number of hydrogen-bond acceptors (Lipinski definition) is 18. The maximum absolute atomic E-state index is 14.2. The monoisotopic (exact) mass is 996 g/mol. The Morgan fingerprint density at radius 1 is 0.855 bits per heavy atom. The average molecular weight is 997 g/mol. The number of carbonyl (C=O) groups excluding carboxylic acids is 2. The van der Waals surface area contributed by atoms with Gasteiger partial charge < -0.3 is 70.0 Å². The zero-order chi connectivity index (χ0) is 52.1. The number of benzene rings is 1. The van der Waals surface area contributed by atoms with Crippen molar-refractivity contribution in [3.8, 4) is 11.1 Å². The van der Waals surface area contributed by atoms with E-state index in [4.69, 9.17) is 56.2 Å². The van der Waals surface area contributed by atoms with Gasteiger partial charge in [-0.05, 0) is 99.0 Å². The molecule has 2 aromatic rings. The van der Waals surface area contributed by atoms with Gasteiger partial charge in [-0.2, -0.15) is 4.98 Å². The molecule has 3 saturated heterocycles. The molecule has 0 amide bonds. The normalized spacial score (nSPS) is 39.5. The number of nitrogen functional groups attached to an aromatic ring is 2. The molecule has 8 unspecified atom stereocenters. The first kappa shape index (κ1) is 58.5. The summed E-state index contributed by atoms with van der Waals surface area (Å²) in [4.78, 5) is 38.3. The molecule has 4 heterocycles. The van der Waals surface area contributed by atoms with Crippen LogP contribution in [0.1, 0.15) is 108 Å². The summed E-state index contributed by atoms with van der Waals surface area (Å²) in [5.74, 6) is -3.86. The first-order chi connectivity index (χ1) is 32.1. The van der Waals surface area contributed by atoms with Crippen molar-refractivity contribution in [2.75, 3.05) is 39.8 Å². The SMILES string of the molecule is CC[C@H]1OC(=O)[C@H](C)[C@@H](OC2CC(C)(OC)C(O)C(C)O2)[C@H](C)[C@@H](OC2OC(C)CC(N(C)C)C2O)[C@](C)(OC)C[C@@H](C)C(=O)[C@H](C)[C@@H](O)[C@]1(C)O.CCc1nc(N)nc(N)c1-c1ccc(Cl)cc1. The predicted octanol–water partition coefficient (Wildman–Crippen LogP) is 4.96. The number of carbonyl (C=O) groups is 2. The molecule has 1 aromatic heterocycles. The van der Waals surface area contributed by atoms with Crippen LogP contribution < -0.4 is 11.5 Å². The lowest BCUT2D eigenvalue weighted by atomic mass is 9.74. The number of aromatic nitrogens is 2. The number of esters is 1. The number of methoxy groups -OCH3 is 2. The van der Waals surface area contributed by atoms with Crippen molar-refractivity contribution in [1.82, 2.24) is 14.9 Å². The minimum atomic E-state index is -1.96. The quantitative estimate of drug-likeness (QED) is 0.172. The van der Waals surface area contributed by atoms with Crippen LogP contribution in [0.25, 0.3) is 11.1 Å². The molecule has 392 valence electrons. The molecule has 19 heteroatoms. The molecule has 0 aliphatic carbocycles. The number of halogens is 1. The third-order valence-corrected chi connectivity index (χ3v) is 15.0. The summed E-state index contributed by atoms with van der Waals surface area (Å²) >= 11 is 5.86. The van der Waals surface area contributed by atoms with Gasteiger partial charge in [-0.1, -0.05) is 58.4 Å². The molecule has 18 nitrogen and oxygen atoms in total. The van der Waals surface area contributed by atoms with E-state index in [1.807, 2.05) is 64.0 Å². The number of ether oxygens (including phenoxy) is 7. The van der Waals surface area contributed by atoms with Crippen LogP contribution in [0.4, 0.5) is 11.8 Å². The third-order valence-electron chi connectivity index (χ3n) is 14.8. The number of likely N-dealkylation sites (N-methyl/N-ethyl adjacent to an activating group) is 1. The summed E-state index contributed by atoms with van der Waals surface area (Å²) in [6, 6.07) is 7.13. The van der Waals surface area contributed by atoms with Gasteiger partial charge in [-0.15, -0.1) is 0 Å². The summed E-state index contributed by atoms with van der Waals surface area (Å²) in [6.45, 7) is 19.1.